The summed E-state index contributed by atoms with van der Waals surface area (Å²) >= 11 is 12.1. The minimum atomic E-state index is -4.41. The second-order valence-electron chi connectivity index (χ2n) is 5.92. The van der Waals surface area contributed by atoms with Crippen molar-refractivity contribution in [1.82, 2.24) is 9.38 Å². The number of carbonyl (C=O) groups is 1. The third-order valence-electron chi connectivity index (χ3n) is 3.89. The van der Waals surface area contributed by atoms with Gasteiger partial charge < -0.3 is 10.1 Å². The van der Waals surface area contributed by atoms with Crippen molar-refractivity contribution >= 4 is 40.4 Å². The molecule has 2 heterocycles. The van der Waals surface area contributed by atoms with E-state index < -0.39 is 18.7 Å². The zero-order valence-electron chi connectivity index (χ0n) is 14.5. The van der Waals surface area contributed by atoms with Crippen molar-refractivity contribution in [2.75, 3.05) is 11.9 Å². The molecule has 0 aliphatic rings. The minimum Gasteiger partial charge on any atom is -0.366 e. The molecule has 10 heteroatoms. The lowest BCUT2D eigenvalue weighted by molar-refractivity contribution is -0.176. The Morgan fingerprint density at radius 2 is 1.89 bits per heavy atom. The van der Waals surface area contributed by atoms with Crippen LogP contribution in [-0.2, 0) is 11.3 Å². The number of nitrogens with zero attached hydrogens (tertiary/aromatic N) is 2. The summed E-state index contributed by atoms with van der Waals surface area (Å²) in [6, 6.07) is 7.95. The number of fused-ring (bicyclic) bond motifs is 1. The molecule has 1 amide bonds. The van der Waals surface area contributed by atoms with Gasteiger partial charge in [-0.2, -0.15) is 13.2 Å². The second kappa shape index (κ2) is 7.98. The van der Waals surface area contributed by atoms with Gasteiger partial charge in [0.15, 0.2) is 5.65 Å². The first kappa shape index (κ1) is 20.4. The number of nitrogens with one attached hydrogen (secondary N) is 1. The highest BCUT2D eigenvalue weighted by atomic mass is 35.5. The molecule has 0 atom stereocenters. The Hall–Kier alpha value is -2.29. The minimum absolute atomic E-state index is 0.116. The molecule has 1 aromatic carbocycles. The summed E-state index contributed by atoms with van der Waals surface area (Å²) in [5, 5.41) is 3.08. The number of aromatic nitrogens is 2. The fourth-order valence-electron chi connectivity index (χ4n) is 2.66. The van der Waals surface area contributed by atoms with Crippen LogP contribution in [0.3, 0.4) is 0 Å². The van der Waals surface area contributed by atoms with Gasteiger partial charge in [0.05, 0.1) is 39.3 Å². The number of amides is 1. The molecule has 3 rings (SSSR count). The molecular weight excluding hydrogens is 418 g/mol. The van der Waals surface area contributed by atoms with Crippen molar-refractivity contribution in [3.63, 3.8) is 0 Å². The fourth-order valence-corrected chi connectivity index (χ4v) is 3.23. The number of benzene rings is 1. The number of alkyl halides is 3. The smallest absolute Gasteiger partial charge is 0.366 e. The van der Waals surface area contributed by atoms with Gasteiger partial charge in [0.1, 0.15) is 6.61 Å². The SMILES string of the molecule is Cc1nc2c(NC(=O)c3c(Cl)cccc3Cl)cccn2c1COCC(F)(F)F. The van der Waals surface area contributed by atoms with Gasteiger partial charge in [0.2, 0.25) is 0 Å². The maximum Gasteiger partial charge on any atom is 0.411 e. The lowest BCUT2D eigenvalue weighted by atomic mass is 10.2. The van der Waals surface area contributed by atoms with Gasteiger partial charge in [-0.25, -0.2) is 4.98 Å². The maximum absolute atomic E-state index is 12.6. The molecule has 1 N–H and O–H groups in total. The highest BCUT2D eigenvalue weighted by Gasteiger charge is 2.28. The summed E-state index contributed by atoms with van der Waals surface area (Å²) in [5.41, 5.74) is 1.77. The first-order valence-corrected chi connectivity index (χ1v) is 8.79. The molecule has 0 aliphatic heterocycles. The molecule has 0 unspecified atom stereocenters. The standard InChI is InChI=1S/C18H14Cl2F3N3O2/c1-10-14(8-28-9-18(21,22)23)26-7-3-6-13(16(26)24-10)25-17(27)15-11(19)4-2-5-12(15)20/h2-7H,8-9H2,1H3,(H,25,27). The Balaban J connectivity index is 1.89. The third kappa shape index (κ3) is 4.40. The Morgan fingerprint density at radius 1 is 1.21 bits per heavy atom. The topological polar surface area (TPSA) is 55.6 Å². The number of anilines is 1. The van der Waals surface area contributed by atoms with Crippen LogP contribution < -0.4 is 5.32 Å². The zero-order chi connectivity index (χ0) is 20.5. The van der Waals surface area contributed by atoms with Crippen LogP contribution in [-0.4, -0.2) is 28.1 Å². The monoisotopic (exact) mass is 431 g/mol. The van der Waals surface area contributed by atoms with Crippen molar-refractivity contribution < 1.29 is 22.7 Å². The van der Waals surface area contributed by atoms with Gasteiger partial charge in [-0.1, -0.05) is 29.3 Å². The summed E-state index contributed by atoms with van der Waals surface area (Å²) < 4.78 is 43.3. The average Bonchev–Trinajstić information content (AvgIpc) is 2.91. The fraction of sp³-hybridized carbons (Fsp3) is 0.222. The molecule has 2 aromatic heterocycles. The molecule has 28 heavy (non-hydrogen) atoms. The number of imidazole rings is 1. The van der Waals surface area contributed by atoms with E-state index in [4.69, 9.17) is 27.9 Å². The van der Waals surface area contributed by atoms with Gasteiger partial charge in [-0.3, -0.25) is 9.20 Å². The molecule has 0 saturated carbocycles. The van der Waals surface area contributed by atoms with Gasteiger partial charge in [-0.15, -0.1) is 0 Å². The number of rotatable bonds is 5. The first-order valence-electron chi connectivity index (χ1n) is 8.04. The number of hydrogen-bond acceptors (Lipinski definition) is 3. The van der Waals surface area contributed by atoms with Crippen LogP contribution in [0, 0.1) is 6.92 Å². The van der Waals surface area contributed by atoms with E-state index in [0.29, 0.717) is 22.7 Å². The maximum atomic E-state index is 12.6. The van der Waals surface area contributed by atoms with Gasteiger partial charge >= 0.3 is 6.18 Å². The lowest BCUT2D eigenvalue weighted by Gasteiger charge is -2.10. The predicted molar refractivity (Wildman–Crippen MR) is 100 cm³/mol. The zero-order valence-corrected chi connectivity index (χ0v) is 16.0. The number of halogens is 5. The highest BCUT2D eigenvalue weighted by Crippen LogP contribution is 2.27. The van der Waals surface area contributed by atoms with Crippen LogP contribution in [0.2, 0.25) is 10.0 Å². The number of ether oxygens (including phenoxy) is 1. The molecule has 0 bridgehead atoms. The molecule has 0 fully saturated rings. The molecule has 5 nitrogen and oxygen atoms in total. The quantitative estimate of drug-likeness (QED) is 0.597. The van der Waals surface area contributed by atoms with Crippen molar-refractivity contribution in [2.45, 2.75) is 19.7 Å². The molecule has 148 valence electrons. The van der Waals surface area contributed by atoms with Gasteiger partial charge in [-0.05, 0) is 31.2 Å². The van der Waals surface area contributed by atoms with Crippen LogP contribution in [0.4, 0.5) is 18.9 Å². The number of carbonyl (C=O) groups excluding carboxylic acids is 1. The van der Waals surface area contributed by atoms with Crippen molar-refractivity contribution in [3.05, 3.63) is 63.5 Å². The second-order valence-corrected chi connectivity index (χ2v) is 6.73. The Morgan fingerprint density at radius 3 is 2.54 bits per heavy atom. The summed E-state index contributed by atoms with van der Waals surface area (Å²) in [7, 11) is 0. The average molecular weight is 432 g/mol. The Labute approximate surface area is 168 Å². The van der Waals surface area contributed by atoms with Crippen molar-refractivity contribution in [3.8, 4) is 0 Å². The van der Waals surface area contributed by atoms with Gasteiger partial charge in [0, 0.05) is 6.20 Å². The molecular formula is C18H14Cl2F3N3O2. The summed E-state index contributed by atoms with van der Waals surface area (Å²) in [4.78, 5) is 16.9. The van der Waals surface area contributed by atoms with Crippen LogP contribution in [0.15, 0.2) is 36.5 Å². The van der Waals surface area contributed by atoms with E-state index in [1.165, 1.54) is 0 Å². The van der Waals surface area contributed by atoms with E-state index in [1.54, 1.807) is 47.9 Å². The van der Waals surface area contributed by atoms with Crippen LogP contribution in [0.25, 0.3) is 5.65 Å². The molecule has 0 radical (unpaired) electrons. The Kier molecular flexibility index (Phi) is 5.83. The van der Waals surface area contributed by atoms with Crippen molar-refractivity contribution in [2.24, 2.45) is 0 Å². The molecule has 0 spiro atoms. The van der Waals surface area contributed by atoms with Crippen LogP contribution >= 0.6 is 23.2 Å². The number of hydrogen-bond donors (Lipinski definition) is 1. The summed E-state index contributed by atoms with van der Waals surface area (Å²) in [6.07, 6.45) is -2.79. The van der Waals surface area contributed by atoms with Crippen molar-refractivity contribution in [1.29, 1.82) is 0 Å². The first-order chi connectivity index (χ1) is 13.2. The number of aryl methyl sites for hydroxylation is 1. The largest absolute Gasteiger partial charge is 0.411 e. The van der Waals surface area contributed by atoms with Crippen LogP contribution in [0.5, 0.6) is 0 Å². The Bertz CT molecular complexity index is 1010. The molecule has 0 aliphatic carbocycles. The lowest BCUT2D eigenvalue weighted by Crippen LogP contribution is -2.17. The highest BCUT2D eigenvalue weighted by molar-refractivity contribution is 6.40. The number of pyridine rings is 1. The van der Waals surface area contributed by atoms with Gasteiger partial charge in [0.25, 0.3) is 5.91 Å². The third-order valence-corrected chi connectivity index (χ3v) is 4.52. The van der Waals surface area contributed by atoms with E-state index in [1.807, 2.05) is 0 Å². The van der Waals surface area contributed by atoms with E-state index in [-0.39, 0.29) is 22.2 Å². The van der Waals surface area contributed by atoms with E-state index in [2.05, 4.69) is 10.3 Å². The molecule has 0 saturated heterocycles. The van der Waals surface area contributed by atoms with E-state index in [9.17, 15) is 18.0 Å². The summed E-state index contributed by atoms with van der Waals surface area (Å²) in [5.74, 6) is -0.528. The normalized spacial score (nSPS) is 11.8. The predicted octanol–water partition coefficient (Wildman–Crippen LogP) is 5.28. The summed E-state index contributed by atoms with van der Waals surface area (Å²) in [6.45, 7) is 0.0111. The van der Waals surface area contributed by atoms with E-state index in [0.717, 1.165) is 0 Å². The molecule has 3 aromatic rings. The van der Waals surface area contributed by atoms with E-state index >= 15 is 0 Å². The van der Waals surface area contributed by atoms with Crippen LogP contribution in [0.1, 0.15) is 21.7 Å².